The van der Waals surface area contributed by atoms with Crippen molar-refractivity contribution < 1.29 is 24.5 Å². The highest BCUT2D eigenvalue weighted by molar-refractivity contribution is 6.10. The number of pyridine rings is 1. The van der Waals surface area contributed by atoms with Crippen LogP contribution in [0.15, 0.2) is 24.3 Å². The normalized spacial score (nSPS) is 12.5. The predicted molar refractivity (Wildman–Crippen MR) is 143 cm³/mol. The van der Waals surface area contributed by atoms with Crippen molar-refractivity contribution in [3.8, 4) is 0 Å². The van der Waals surface area contributed by atoms with E-state index in [-0.39, 0.29) is 19.8 Å². The molecule has 0 aliphatic carbocycles. The number of aromatic nitrogens is 3. The van der Waals surface area contributed by atoms with Gasteiger partial charge in [0.05, 0.1) is 35.4 Å². The lowest BCUT2D eigenvalue weighted by Crippen LogP contribution is -2.43. The second kappa shape index (κ2) is 11.6. The number of fused-ring (bicyclic) bond motifs is 3. The Morgan fingerprint density at radius 1 is 1.03 bits per heavy atom. The number of ether oxygens (including phenoxy) is 2. The quantitative estimate of drug-likeness (QED) is 0.375. The fraction of sp³-hybridized carbons (Fsp3) is 0.593. The van der Waals surface area contributed by atoms with E-state index >= 15 is 0 Å². The summed E-state index contributed by atoms with van der Waals surface area (Å²) >= 11 is 0. The fourth-order valence-corrected chi connectivity index (χ4v) is 3.51. The maximum Gasteiger partial charge on any atom is 0.257 e. The molecule has 1 aromatic carbocycles. The summed E-state index contributed by atoms with van der Waals surface area (Å²) in [5.41, 5.74) is -1.35. The number of hydrogen-bond donors (Lipinski definition) is 3. The van der Waals surface area contributed by atoms with Crippen molar-refractivity contribution in [1.82, 2.24) is 14.5 Å². The number of amides is 1. The van der Waals surface area contributed by atoms with Gasteiger partial charge in [-0.3, -0.25) is 4.79 Å². The first-order valence-electron chi connectivity index (χ1n) is 12.5. The second-order valence-corrected chi connectivity index (χ2v) is 10.3. The van der Waals surface area contributed by atoms with E-state index in [9.17, 15) is 15.0 Å². The molecule has 0 atom stereocenters. The molecule has 0 aliphatic heterocycles. The van der Waals surface area contributed by atoms with Crippen molar-refractivity contribution >= 4 is 33.7 Å². The number of nitrogens with zero attached hydrogens (tertiary/aromatic N) is 3. The van der Waals surface area contributed by atoms with E-state index in [4.69, 9.17) is 14.5 Å². The summed E-state index contributed by atoms with van der Waals surface area (Å²) in [5, 5.41) is 24.3. The van der Waals surface area contributed by atoms with Crippen LogP contribution < -0.4 is 5.32 Å². The molecule has 3 N–H and O–H groups in total. The third kappa shape index (κ3) is 7.46. The SMILES string of the molecule is CC.CCOCc1nc2c(NC(=O)C(C)(C)OCC(C)(C)O)nc3ccccc3c2n1CC(C)(C)O. The Morgan fingerprint density at radius 3 is 2.25 bits per heavy atom. The molecule has 0 spiro atoms. The Morgan fingerprint density at radius 2 is 1.67 bits per heavy atom. The van der Waals surface area contributed by atoms with Crippen molar-refractivity contribution in [2.45, 2.75) is 92.3 Å². The van der Waals surface area contributed by atoms with Crippen LogP contribution in [-0.4, -0.2) is 60.7 Å². The van der Waals surface area contributed by atoms with E-state index in [1.54, 1.807) is 41.5 Å². The van der Waals surface area contributed by atoms with Crippen molar-refractivity contribution in [3.63, 3.8) is 0 Å². The molecule has 36 heavy (non-hydrogen) atoms. The first-order chi connectivity index (χ1) is 16.7. The number of para-hydroxylation sites is 1. The van der Waals surface area contributed by atoms with Crippen LogP contribution in [0.1, 0.15) is 68.1 Å². The molecule has 2 aromatic heterocycles. The summed E-state index contributed by atoms with van der Waals surface area (Å²) < 4.78 is 13.3. The molecule has 0 radical (unpaired) electrons. The number of nitrogens with one attached hydrogen (secondary N) is 1. The van der Waals surface area contributed by atoms with Crippen LogP contribution in [0.25, 0.3) is 21.9 Å². The van der Waals surface area contributed by atoms with E-state index in [1.807, 2.05) is 49.6 Å². The number of benzene rings is 1. The van der Waals surface area contributed by atoms with Crippen LogP contribution in [0.2, 0.25) is 0 Å². The number of imidazole rings is 1. The van der Waals surface area contributed by atoms with E-state index in [1.165, 1.54) is 0 Å². The highest BCUT2D eigenvalue weighted by Crippen LogP contribution is 2.32. The van der Waals surface area contributed by atoms with E-state index < -0.39 is 22.7 Å². The Labute approximate surface area is 213 Å². The number of rotatable bonds is 10. The maximum absolute atomic E-state index is 13.2. The molecule has 0 saturated heterocycles. The van der Waals surface area contributed by atoms with Crippen molar-refractivity contribution in [3.05, 3.63) is 30.1 Å². The molecule has 0 unspecified atom stereocenters. The molecule has 2 heterocycles. The van der Waals surface area contributed by atoms with Crippen LogP contribution in [0.3, 0.4) is 0 Å². The molecule has 3 rings (SSSR count). The van der Waals surface area contributed by atoms with Gasteiger partial charge in [-0.1, -0.05) is 32.0 Å². The van der Waals surface area contributed by atoms with Gasteiger partial charge in [-0.2, -0.15) is 0 Å². The van der Waals surface area contributed by atoms with Gasteiger partial charge in [0.1, 0.15) is 23.5 Å². The number of hydrogen-bond acceptors (Lipinski definition) is 7. The summed E-state index contributed by atoms with van der Waals surface area (Å²) in [6.45, 7) is 16.9. The van der Waals surface area contributed by atoms with Crippen LogP contribution in [-0.2, 0) is 27.4 Å². The van der Waals surface area contributed by atoms with Crippen molar-refractivity contribution in [2.24, 2.45) is 0 Å². The monoisotopic (exact) mass is 502 g/mol. The van der Waals surface area contributed by atoms with Gasteiger partial charge in [0.15, 0.2) is 5.82 Å². The standard InChI is InChI=1S/C25H36N4O5.C2H6/c1-8-33-13-18-27-19-20(29(18)14-23(2,3)31)16-11-9-10-12-17(16)26-21(19)28-22(30)25(6,7)34-15-24(4,5)32;1-2/h9-12,31-32H,8,13-15H2,1-7H3,(H,26,28,30);1-2H3. The van der Waals surface area contributed by atoms with Gasteiger partial charge >= 0.3 is 0 Å². The Hall–Kier alpha value is -2.59. The molecule has 200 valence electrons. The Balaban J connectivity index is 0.00000222. The summed E-state index contributed by atoms with van der Waals surface area (Å²) in [7, 11) is 0. The zero-order valence-corrected chi connectivity index (χ0v) is 23.1. The lowest BCUT2D eigenvalue weighted by molar-refractivity contribution is -0.144. The summed E-state index contributed by atoms with van der Waals surface area (Å²) in [4.78, 5) is 22.6. The number of aliphatic hydroxyl groups is 2. The molecule has 9 heteroatoms. The van der Waals surface area contributed by atoms with E-state index in [0.29, 0.717) is 29.3 Å². The van der Waals surface area contributed by atoms with Gasteiger partial charge in [-0.25, -0.2) is 9.97 Å². The largest absolute Gasteiger partial charge is 0.389 e. The lowest BCUT2D eigenvalue weighted by atomic mass is 10.1. The minimum Gasteiger partial charge on any atom is -0.389 e. The molecule has 1 amide bonds. The van der Waals surface area contributed by atoms with Crippen molar-refractivity contribution in [2.75, 3.05) is 18.5 Å². The van der Waals surface area contributed by atoms with Gasteiger partial charge in [-0.15, -0.1) is 0 Å². The molecular weight excluding hydrogens is 460 g/mol. The summed E-state index contributed by atoms with van der Waals surface area (Å²) in [6.07, 6.45) is 0. The van der Waals surface area contributed by atoms with Gasteiger partial charge in [0.25, 0.3) is 5.91 Å². The second-order valence-electron chi connectivity index (χ2n) is 10.3. The van der Waals surface area contributed by atoms with Crippen LogP contribution in [0.4, 0.5) is 5.82 Å². The third-order valence-corrected chi connectivity index (χ3v) is 5.21. The minimum absolute atomic E-state index is 0.00725. The first-order valence-corrected chi connectivity index (χ1v) is 12.5. The molecule has 3 aromatic rings. The predicted octanol–water partition coefficient (Wildman–Crippen LogP) is 4.42. The van der Waals surface area contributed by atoms with E-state index in [0.717, 1.165) is 10.9 Å². The molecule has 0 aliphatic rings. The maximum atomic E-state index is 13.2. The molecule has 0 saturated carbocycles. The Kier molecular flexibility index (Phi) is 9.58. The van der Waals surface area contributed by atoms with Gasteiger partial charge in [0.2, 0.25) is 0 Å². The topological polar surface area (TPSA) is 119 Å². The fourth-order valence-electron chi connectivity index (χ4n) is 3.51. The van der Waals surface area contributed by atoms with Crippen LogP contribution >= 0.6 is 0 Å². The summed E-state index contributed by atoms with van der Waals surface area (Å²) in [5.74, 6) is 0.514. The summed E-state index contributed by atoms with van der Waals surface area (Å²) in [6, 6.07) is 7.60. The smallest absolute Gasteiger partial charge is 0.257 e. The molecule has 0 bridgehead atoms. The Bertz CT molecular complexity index is 1170. The highest BCUT2D eigenvalue weighted by atomic mass is 16.5. The first kappa shape index (κ1) is 29.6. The average Bonchev–Trinajstić information content (AvgIpc) is 3.14. The lowest BCUT2D eigenvalue weighted by Gasteiger charge is -2.28. The third-order valence-electron chi connectivity index (χ3n) is 5.21. The number of carbonyl (C=O) groups is 1. The van der Waals surface area contributed by atoms with Crippen LogP contribution in [0.5, 0.6) is 0 Å². The molecular formula is C27H42N4O5. The highest BCUT2D eigenvalue weighted by Gasteiger charge is 2.32. The average molecular weight is 503 g/mol. The van der Waals surface area contributed by atoms with Crippen molar-refractivity contribution in [1.29, 1.82) is 0 Å². The number of carbonyl (C=O) groups excluding carboxylic acids is 1. The minimum atomic E-state index is -1.22. The van der Waals surface area contributed by atoms with Gasteiger partial charge in [0, 0.05) is 12.0 Å². The van der Waals surface area contributed by atoms with Crippen LogP contribution in [0, 0.1) is 0 Å². The van der Waals surface area contributed by atoms with Gasteiger partial charge in [-0.05, 0) is 54.5 Å². The van der Waals surface area contributed by atoms with Gasteiger partial charge < -0.3 is 29.6 Å². The zero-order chi connectivity index (χ0) is 27.3. The molecule has 9 nitrogen and oxygen atoms in total. The zero-order valence-electron chi connectivity index (χ0n) is 23.1. The molecule has 0 fully saturated rings. The van der Waals surface area contributed by atoms with E-state index in [2.05, 4.69) is 10.3 Å². The number of anilines is 1.